The topological polar surface area (TPSA) is 52.2 Å². The molecule has 1 aromatic carbocycles. The van der Waals surface area contributed by atoms with Crippen LogP contribution in [0.1, 0.15) is 30.5 Å². The second-order valence-corrected chi connectivity index (χ2v) is 7.05. The highest BCUT2D eigenvalue weighted by Gasteiger charge is 2.15. The van der Waals surface area contributed by atoms with Crippen molar-refractivity contribution in [2.24, 2.45) is 0 Å². The maximum Gasteiger partial charge on any atom is 0.261 e. The summed E-state index contributed by atoms with van der Waals surface area (Å²) in [5.74, 6) is 0. The minimum atomic E-state index is 0.0825. The molecule has 0 atom stereocenters. The van der Waals surface area contributed by atoms with Crippen LogP contribution in [0.2, 0.25) is 0 Å². The predicted molar refractivity (Wildman–Crippen MR) is 105 cm³/mol. The van der Waals surface area contributed by atoms with Gasteiger partial charge in [0.2, 0.25) is 0 Å². The molecular weight excluding hydrogens is 336 g/mol. The first-order valence-electron chi connectivity index (χ1n) is 9.43. The Morgan fingerprint density at radius 3 is 2.70 bits per heavy atom. The van der Waals surface area contributed by atoms with Gasteiger partial charge in [-0.1, -0.05) is 36.8 Å². The van der Waals surface area contributed by atoms with Crippen LogP contribution in [0.3, 0.4) is 0 Å². The number of imidazole rings is 1. The summed E-state index contributed by atoms with van der Waals surface area (Å²) in [7, 11) is 0. The molecule has 5 rings (SSSR count). The van der Waals surface area contributed by atoms with Crippen LogP contribution in [0.5, 0.6) is 0 Å². The first-order valence-corrected chi connectivity index (χ1v) is 9.43. The minimum Gasteiger partial charge on any atom is -0.305 e. The number of benzene rings is 1. The fourth-order valence-electron chi connectivity index (χ4n) is 3.82. The lowest BCUT2D eigenvalue weighted by Gasteiger charge is -2.09. The molecule has 3 aromatic heterocycles. The van der Waals surface area contributed by atoms with E-state index in [1.165, 1.54) is 6.42 Å². The van der Waals surface area contributed by atoms with Crippen molar-refractivity contribution in [3.05, 3.63) is 82.8 Å². The lowest BCUT2D eigenvalue weighted by molar-refractivity contribution is 0.708. The SMILES string of the molecule is O=c1c2c(nc3cc(-n4cnc(-c5ccccc5)c4)ccn13)CCCCC2. The lowest BCUT2D eigenvalue weighted by atomic mass is 10.1. The van der Waals surface area contributed by atoms with Gasteiger partial charge in [-0.2, -0.15) is 0 Å². The van der Waals surface area contributed by atoms with Gasteiger partial charge in [0.1, 0.15) is 5.65 Å². The largest absolute Gasteiger partial charge is 0.305 e. The van der Waals surface area contributed by atoms with E-state index in [9.17, 15) is 4.79 Å². The van der Waals surface area contributed by atoms with Crippen molar-refractivity contribution in [2.45, 2.75) is 32.1 Å². The molecule has 5 nitrogen and oxygen atoms in total. The highest BCUT2D eigenvalue weighted by molar-refractivity contribution is 5.59. The average Bonchev–Trinajstić information content (AvgIpc) is 3.08. The smallest absolute Gasteiger partial charge is 0.261 e. The molecule has 0 N–H and O–H groups in total. The third-order valence-corrected chi connectivity index (χ3v) is 5.28. The van der Waals surface area contributed by atoms with Crippen molar-refractivity contribution in [1.82, 2.24) is 18.9 Å². The summed E-state index contributed by atoms with van der Waals surface area (Å²) in [6, 6.07) is 14.0. The summed E-state index contributed by atoms with van der Waals surface area (Å²) in [5.41, 5.74) is 5.61. The number of nitrogens with zero attached hydrogens (tertiary/aromatic N) is 4. The van der Waals surface area contributed by atoms with Gasteiger partial charge in [-0.15, -0.1) is 0 Å². The standard InChI is InChI=1S/C22H20N4O/c27-22-18-9-5-2-6-10-19(18)24-21-13-17(11-12-26(21)22)25-14-20(23-15-25)16-7-3-1-4-8-16/h1,3-4,7-8,11-15H,2,5-6,9-10H2. The number of rotatable bonds is 2. The van der Waals surface area contributed by atoms with Gasteiger partial charge in [-0.25, -0.2) is 9.97 Å². The van der Waals surface area contributed by atoms with Crippen molar-refractivity contribution >= 4 is 5.65 Å². The van der Waals surface area contributed by atoms with E-state index in [1.54, 1.807) is 10.7 Å². The molecule has 1 aliphatic rings. The number of aryl methyl sites for hydroxylation is 1. The van der Waals surface area contributed by atoms with Gasteiger partial charge in [-0.05, 0) is 31.7 Å². The monoisotopic (exact) mass is 356 g/mol. The summed E-state index contributed by atoms with van der Waals surface area (Å²) in [6.45, 7) is 0. The Kier molecular flexibility index (Phi) is 3.85. The van der Waals surface area contributed by atoms with Gasteiger partial charge in [0.25, 0.3) is 5.56 Å². The molecule has 134 valence electrons. The first-order chi connectivity index (χ1) is 13.3. The summed E-state index contributed by atoms with van der Waals surface area (Å²) in [5, 5.41) is 0. The third-order valence-electron chi connectivity index (χ3n) is 5.28. The van der Waals surface area contributed by atoms with Gasteiger partial charge in [-0.3, -0.25) is 9.20 Å². The van der Waals surface area contributed by atoms with E-state index in [0.717, 1.165) is 53.9 Å². The Hall–Kier alpha value is -3.21. The number of hydrogen-bond acceptors (Lipinski definition) is 3. The van der Waals surface area contributed by atoms with E-state index in [4.69, 9.17) is 4.98 Å². The molecule has 1 aliphatic carbocycles. The number of hydrogen-bond donors (Lipinski definition) is 0. The first kappa shape index (κ1) is 16.0. The molecule has 0 bridgehead atoms. The molecule has 5 heteroatoms. The van der Waals surface area contributed by atoms with Crippen LogP contribution >= 0.6 is 0 Å². The molecule has 0 fully saturated rings. The van der Waals surface area contributed by atoms with E-state index in [-0.39, 0.29) is 5.56 Å². The molecule has 4 aromatic rings. The molecular formula is C22H20N4O. The van der Waals surface area contributed by atoms with E-state index in [2.05, 4.69) is 4.98 Å². The zero-order valence-corrected chi connectivity index (χ0v) is 15.0. The third kappa shape index (κ3) is 2.85. The molecule has 0 saturated heterocycles. The Morgan fingerprint density at radius 1 is 0.963 bits per heavy atom. The van der Waals surface area contributed by atoms with E-state index in [0.29, 0.717) is 5.65 Å². The maximum absolute atomic E-state index is 12.9. The van der Waals surface area contributed by atoms with Crippen molar-refractivity contribution in [2.75, 3.05) is 0 Å². The van der Waals surface area contributed by atoms with E-state index in [1.807, 2.05) is 59.4 Å². The van der Waals surface area contributed by atoms with E-state index < -0.39 is 0 Å². The van der Waals surface area contributed by atoms with Crippen LogP contribution in [0.25, 0.3) is 22.6 Å². The summed E-state index contributed by atoms with van der Waals surface area (Å²) >= 11 is 0. The molecule has 27 heavy (non-hydrogen) atoms. The Balaban J connectivity index is 1.59. The van der Waals surface area contributed by atoms with Gasteiger partial charge >= 0.3 is 0 Å². The molecule has 3 heterocycles. The maximum atomic E-state index is 12.9. The summed E-state index contributed by atoms with van der Waals surface area (Å²) < 4.78 is 3.64. The van der Waals surface area contributed by atoms with Gasteiger partial charge in [0.15, 0.2) is 0 Å². The second-order valence-electron chi connectivity index (χ2n) is 7.05. The highest BCUT2D eigenvalue weighted by Crippen LogP contribution is 2.20. The van der Waals surface area contributed by atoms with Gasteiger partial charge in [0.05, 0.1) is 23.4 Å². The lowest BCUT2D eigenvalue weighted by Crippen LogP contribution is -2.22. The molecule has 0 radical (unpaired) electrons. The van der Waals surface area contributed by atoms with Crippen LogP contribution in [0.4, 0.5) is 0 Å². The summed E-state index contributed by atoms with van der Waals surface area (Å²) in [4.78, 5) is 22.2. The minimum absolute atomic E-state index is 0.0825. The molecule has 0 spiro atoms. The zero-order valence-electron chi connectivity index (χ0n) is 15.0. The predicted octanol–water partition coefficient (Wildman–Crippen LogP) is 3.82. The quantitative estimate of drug-likeness (QED) is 0.513. The number of aromatic nitrogens is 4. The van der Waals surface area contributed by atoms with Crippen LogP contribution < -0.4 is 5.56 Å². The van der Waals surface area contributed by atoms with Gasteiger partial charge in [0, 0.05) is 29.6 Å². The number of fused-ring (bicyclic) bond motifs is 2. The van der Waals surface area contributed by atoms with Crippen molar-refractivity contribution in [1.29, 1.82) is 0 Å². The molecule has 0 unspecified atom stereocenters. The highest BCUT2D eigenvalue weighted by atomic mass is 16.1. The Labute approximate surface area is 157 Å². The zero-order chi connectivity index (χ0) is 18.2. The van der Waals surface area contributed by atoms with Crippen LogP contribution in [0.15, 0.2) is 66.0 Å². The molecule has 0 aliphatic heterocycles. The van der Waals surface area contributed by atoms with Crippen LogP contribution in [-0.4, -0.2) is 18.9 Å². The molecule has 0 saturated carbocycles. The second kappa shape index (κ2) is 6.50. The van der Waals surface area contributed by atoms with Crippen LogP contribution in [0, 0.1) is 0 Å². The van der Waals surface area contributed by atoms with Crippen molar-refractivity contribution in [3.8, 4) is 16.9 Å². The van der Waals surface area contributed by atoms with Crippen LogP contribution in [-0.2, 0) is 12.8 Å². The Morgan fingerprint density at radius 2 is 1.81 bits per heavy atom. The fourth-order valence-corrected chi connectivity index (χ4v) is 3.82. The van der Waals surface area contributed by atoms with E-state index >= 15 is 0 Å². The Bertz CT molecular complexity index is 1170. The summed E-state index contributed by atoms with van der Waals surface area (Å²) in [6.07, 6.45) is 10.7. The molecule has 0 amide bonds. The van der Waals surface area contributed by atoms with Gasteiger partial charge < -0.3 is 4.57 Å². The fraction of sp³-hybridized carbons (Fsp3) is 0.227. The average molecular weight is 356 g/mol. The van der Waals surface area contributed by atoms with Crippen molar-refractivity contribution < 1.29 is 0 Å². The van der Waals surface area contributed by atoms with Crippen molar-refractivity contribution in [3.63, 3.8) is 0 Å². The normalized spacial score (nSPS) is 14.1. The number of pyridine rings is 1.